The van der Waals surface area contributed by atoms with Crippen LogP contribution in [0.2, 0.25) is 0 Å². The average Bonchev–Trinajstić information content (AvgIpc) is 4.22. The second kappa shape index (κ2) is 14.4. The van der Waals surface area contributed by atoms with Crippen molar-refractivity contribution >= 4 is 22.4 Å². The first kappa shape index (κ1) is 39.1. The molecule has 0 saturated heterocycles. The maximum Gasteiger partial charge on any atom is 0.109 e. The van der Waals surface area contributed by atoms with Crippen LogP contribution in [-0.2, 0) is 10.8 Å². The molecule has 12 aromatic rings. The van der Waals surface area contributed by atoms with Gasteiger partial charge in [0.1, 0.15) is 11.0 Å². The zero-order chi connectivity index (χ0) is 46.4. The number of benzene rings is 10. The number of hydrogen-bond donors (Lipinski definition) is 0. The van der Waals surface area contributed by atoms with E-state index in [-0.39, 0.29) is 0 Å². The van der Waals surface area contributed by atoms with Crippen LogP contribution < -0.4 is 0 Å². The summed E-state index contributed by atoms with van der Waals surface area (Å²) >= 11 is 1.82. The van der Waals surface area contributed by atoms with Crippen LogP contribution in [0.25, 0.3) is 98.9 Å². The molecule has 0 N–H and O–H groups in total. The normalized spacial score (nSPS) is 14.1. The van der Waals surface area contributed by atoms with Crippen molar-refractivity contribution < 1.29 is 0 Å². The Morgan fingerprint density at radius 3 is 0.817 bits per heavy atom. The summed E-state index contributed by atoms with van der Waals surface area (Å²) in [5.74, 6) is 0. The molecule has 328 valence electrons. The van der Waals surface area contributed by atoms with Crippen molar-refractivity contribution in [1.82, 2.24) is 9.97 Å². The highest BCUT2D eigenvalue weighted by Gasteiger charge is 2.53. The van der Waals surface area contributed by atoms with Crippen molar-refractivity contribution in [2.45, 2.75) is 10.8 Å². The van der Waals surface area contributed by atoms with Gasteiger partial charge in [-0.15, -0.1) is 11.3 Å². The average molecular weight is 917 g/mol. The lowest BCUT2D eigenvalue weighted by Gasteiger charge is -2.30. The molecule has 2 heterocycles. The number of fused-ring (bicyclic) bond motifs is 21. The van der Waals surface area contributed by atoms with Crippen molar-refractivity contribution in [3.63, 3.8) is 0 Å². The molecule has 2 nitrogen and oxygen atoms in total. The van der Waals surface area contributed by atoms with Gasteiger partial charge in [-0.3, -0.25) is 0 Å². The highest BCUT2D eigenvalue weighted by Crippen LogP contribution is 2.65. The van der Waals surface area contributed by atoms with Gasteiger partial charge in [-0.1, -0.05) is 231 Å². The summed E-state index contributed by atoms with van der Waals surface area (Å²) < 4.78 is 0. The molecule has 0 radical (unpaired) electrons. The van der Waals surface area contributed by atoms with Crippen molar-refractivity contribution in [2.75, 3.05) is 0 Å². The zero-order valence-corrected chi connectivity index (χ0v) is 39.2. The van der Waals surface area contributed by atoms with E-state index < -0.39 is 10.8 Å². The summed E-state index contributed by atoms with van der Waals surface area (Å²) in [6.07, 6.45) is 0. The second-order valence-corrected chi connectivity index (χ2v) is 20.4. The van der Waals surface area contributed by atoms with Gasteiger partial charge in [0.15, 0.2) is 0 Å². The van der Waals surface area contributed by atoms with E-state index in [4.69, 9.17) is 9.97 Å². The summed E-state index contributed by atoms with van der Waals surface area (Å²) in [6, 6.07) is 90.0. The van der Waals surface area contributed by atoms with Gasteiger partial charge in [0, 0.05) is 11.1 Å². The van der Waals surface area contributed by atoms with Gasteiger partial charge in [0.05, 0.1) is 32.0 Å². The van der Waals surface area contributed by atoms with E-state index in [0.717, 1.165) is 54.4 Å². The van der Waals surface area contributed by atoms with Gasteiger partial charge >= 0.3 is 0 Å². The van der Waals surface area contributed by atoms with Crippen molar-refractivity contribution in [2.24, 2.45) is 0 Å². The van der Waals surface area contributed by atoms with E-state index in [9.17, 15) is 0 Å². The van der Waals surface area contributed by atoms with Gasteiger partial charge in [0.2, 0.25) is 0 Å². The van der Waals surface area contributed by atoms with Crippen LogP contribution in [0.5, 0.6) is 0 Å². The Balaban J connectivity index is 0.988. The van der Waals surface area contributed by atoms with E-state index in [1.165, 1.54) is 89.0 Å². The van der Waals surface area contributed by atoms with E-state index >= 15 is 0 Å². The number of nitrogens with zero attached hydrogens (tertiary/aromatic N) is 2. The van der Waals surface area contributed by atoms with Gasteiger partial charge in [0.25, 0.3) is 0 Å². The molecule has 0 bridgehead atoms. The molecule has 0 aliphatic heterocycles. The van der Waals surface area contributed by atoms with E-state index in [1.807, 2.05) is 11.3 Å². The molecule has 71 heavy (non-hydrogen) atoms. The Morgan fingerprint density at radius 2 is 0.507 bits per heavy atom. The molecule has 16 rings (SSSR count). The molecule has 10 aromatic carbocycles. The molecule has 0 fully saturated rings. The van der Waals surface area contributed by atoms with Crippen LogP contribution in [-0.4, -0.2) is 9.97 Å². The number of aromatic nitrogens is 2. The standard InChI is InChI=1S/C68H40N2S/c1-3-19-41(20-4-1)61-62(42-21-5-2-6-22-42)70-64-63(69-61)65(43-35-37-51-49-27-11-17-33-57(49)67(59(51)39-43)53-29-13-7-23-45(53)46-24-8-14-30-54(46)67)71-66(64)44-36-38-52-50-28-12-18-34-58(50)68(60(52)40-44)55-31-15-9-25-47(55)48-26-10-16-32-56(48)68/h1-40H. The molecular formula is C68H40N2S. The predicted octanol–water partition coefficient (Wildman–Crippen LogP) is 17.0. The summed E-state index contributed by atoms with van der Waals surface area (Å²) in [7, 11) is 0. The fraction of sp³-hybridized carbons (Fsp3) is 0.0294. The smallest absolute Gasteiger partial charge is 0.109 e. The van der Waals surface area contributed by atoms with E-state index in [0.29, 0.717) is 0 Å². The summed E-state index contributed by atoms with van der Waals surface area (Å²) in [5.41, 5.74) is 28.0. The third kappa shape index (κ3) is 5.00. The van der Waals surface area contributed by atoms with Gasteiger partial charge in [-0.25, -0.2) is 9.97 Å². The molecule has 2 spiro atoms. The Labute approximate surface area is 415 Å². The molecule has 0 saturated carbocycles. The fourth-order valence-corrected chi connectivity index (χ4v) is 14.6. The number of thiophene rings is 1. The Hall–Kier alpha value is -8.76. The van der Waals surface area contributed by atoms with Crippen LogP contribution in [0.3, 0.4) is 0 Å². The van der Waals surface area contributed by atoms with Gasteiger partial charge in [-0.05, 0) is 112 Å². The van der Waals surface area contributed by atoms with Gasteiger partial charge in [-0.2, -0.15) is 0 Å². The minimum absolute atomic E-state index is 0.469. The van der Waals surface area contributed by atoms with Crippen LogP contribution in [0.1, 0.15) is 44.5 Å². The monoisotopic (exact) mass is 916 g/mol. The largest absolute Gasteiger partial charge is 0.242 e. The maximum absolute atomic E-state index is 5.82. The Morgan fingerprint density at radius 1 is 0.239 bits per heavy atom. The quantitative estimate of drug-likeness (QED) is 0.176. The van der Waals surface area contributed by atoms with Crippen molar-refractivity contribution in [1.29, 1.82) is 0 Å². The Kier molecular flexibility index (Phi) is 7.93. The second-order valence-electron chi connectivity index (χ2n) is 19.4. The zero-order valence-electron chi connectivity index (χ0n) is 38.4. The summed E-state index contributed by atoms with van der Waals surface area (Å²) in [6.45, 7) is 0. The highest BCUT2D eigenvalue weighted by molar-refractivity contribution is 7.20. The lowest BCUT2D eigenvalue weighted by Crippen LogP contribution is -2.25. The van der Waals surface area contributed by atoms with Gasteiger partial charge < -0.3 is 0 Å². The molecule has 4 aliphatic rings. The first-order chi connectivity index (χ1) is 35.2. The fourth-order valence-electron chi connectivity index (χ4n) is 13.4. The first-order valence-corrected chi connectivity index (χ1v) is 25.4. The number of hydrogen-bond acceptors (Lipinski definition) is 3. The lowest BCUT2D eigenvalue weighted by atomic mass is 9.70. The summed E-state index contributed by atoms with van der Waals surface area (Å²) in [5, 5.41) is 0. The molecule has 3 heteroatoms. The van der Waals surface area contributed by atoms with Crippen molar-refractivity contribution in [3.8, 4) is 87.9 Å². The Bertz CT molecular complexity index is 3840. The molecule has 2 aromatic heterocycles. The van der Waals surface area contributed by atoms with Crippen molar-refractivity contribution in [3.05, 3.63) is 287 Å². The highest BCUT2D eigenvalue weighted by atomic mass is 32.1. The SMILES string of the molecule is c1ccc(-c2nc3c(-c4ccc5c(c4)C4(c6ccccc6-c6ccccc64)c4ccccc4-5)sc(-c4ccc5c(c4)C4(c6ccccc6-c6ccccc64)c4ccccc4-5)c3nc2-c2ccccc2)cc1. The molecular weight excluding hydrogens is 877 g/mol. The maximum atomic E-state index is 5.82. The lowest BCUT2D eigenvalue weighted by molar-refractivity contribution is 0.794. The summed E-state index contributed by atoms with van der Waals surface area (Å²) in [4.78, 5) is 13.9. The third-order valence-corrected chi connectivity index (χ3v) is 17.4. The van der Waals surface area contributed by atoms with Crippen LogP contribution in [0, 0.1) is 0 Å². The topological polar surface area (TPSA) is 25.8 Å². The molecule has 0 unspecified atom stereocenters. The molecule has 0 atom stereocenters. The number of rotatable bonds is 4. The third-order valence-electron chi connectivity index (χ3n) is 16.1. The van der Waals surface area contributed by atoms with Crippen LogP contribution >= 0.6 is 11.3 Å². The minimum atomic E-state index is -0.469. The van der Waals surface area contributed by atoms with Crippen LogP contribution in [0.15, 0.2) is 243 Å². The van der Waals surface area contributed by atoms with E-state index in [1.54, 1.807) is 0 Å². The molecule has 0 amide bonds. The first-order valence-electron chi connectivity index (χ1n) is 24.6. The minimum Gasteiger partial charge on any atom is -0.242 e. The molecule has 4 aliphatic carbocycles. The van der Waals surface area contributed by atoms with Crippen LogP contribution in [0.4, 0.5) is 0 Å². The predicted molar refractivity (Wildman–Crippen MR) is 292 cm³/mol. The van der Waals surface area contributed by atoms with E-state index in [2.05, 4.69) is 243 Å².